The standard InChI is InChI=1S/C34H24Br2N6/c35-23-24-20-21-30-29(22-24)32(36)41(38-30)31-19-11-10-18-28(31)33-37-40-42(39-33)34(25-12-4-1-5-13-25,26-14-6-2-7-15-26)27-16-8-3-9-17-27/h1-22H,23H2. The van der Waals surface area contributed by atoms with Gasteiger partial charge in [0.25, 0.3) is 0 Å². The summed E-state index contributed by atoms with van der Waals surface area (Å²) in [6, 6.07) is 45.3. The van der Waals surface area contributed by atoms with Crippen molar-refractivity contribution in [3.8, 4) is 17.1 Å². The van der Waals surface area contributed by atoms with Gasteiger partial charge >= 0.3 is 0 Å². The molecule has 7 aromatic rings. The van der Waals surface area contributed by atoms with E-state index in [1.807, 2.05) is 89.6 Å². The van der Waals surface area contributed by atoms with E-state index >= 15 is 0 Å². The highest BCUT2D eigenvalue weighted by molar-refractivity contribution is 9.10. The van der Waals surface area contributed by atoms with Gasteiger partial charge in [-0.25, -0.2) is 4.68 Å². The molecule has 0 N–H and O–H groups in total. The van der Waals surface area contributed by atoms with Gasteiger partial charge in [0.15, 0.2) is 5.54 Å². The van der Waals surface area contributed by atoms with Crippen LogP contribution in [-0.2, 0) is 10.9 Å². The molecule has 0 aliphatic heterocycles. The van der Waals surface area contributed by atoms with Gasteiger partial charge in [-0.1, -0.05) is 125 Å². The number of nitrogens with zero attached hydrogens (tertiary/aromatic N) is 6. The second-order valence-corrected chi connectivity index (χ2v) is 11.2. The van der Waals surface area contributed by atoms with E-state index in [-0.39, 0.29) is 0 Å². The average molecular weight is 676 g/mol. The molecule has 6 nitrogen and oxygen atoms in total. The normalized spacial score (nSPS) is 11.7. The van der Waals surface area contributed by atoms with Gasteiger partial charge in [0.05, 0.1) is 11.2 Å². The Morgan fingerprint density at radius 3 is 1.81 bits per heavy atom. The lowest BCUT2D eigenvalue weighted by molar-refractivity contribution is 0.396. The smallest absolute Gasteiger partial charge is 0.207 e. The van der Waals surface area contributed by atoms with Gasteiger partial charge in [-0.2, -0.15) is 5.10 Å². The van der Waals surface area contributed by atoms with Crippen molar-refractivity contribution >= 4 is 42.8 Å². The molecule has 5 aromatic carbocycles. The van der Waals surface area contributed by atoms with E-state index in [4.69, 9.17) is 15.4 Å². The molecule has 0 bridgehead atoms. The summed E-state index contributed by atoms with van der Waals surface area (Å²) < 4.78 is 2.77. The zero-order chi connectivity index (χ0) is 28.5. The molecule has 0 unspecified atom stereocenters. The minimum absolute atomic E-state index is 0.505. The van der Waals surface area contributed by atoms with Gasteiger partial charge in [0, 0.05) is 16.3 Å². The number of halogens is 2. The van der Waals surface area contributed by atoms with Crippen LogP contribution in [0, 0.1) is 0 Å². The Bertz CT molecular complexity index is 1890. The monoisotopic (exact) mass is 674 g/mol. The maximum absolute atomic E-state index is 5.11. The lowest BCUT2D eigenvalue weighted by atomic mass is 9.77. The number of benzene rings is 5. The molecule has 0 radical (unpaired) electrons. The van der Waals surface area contributed by atoms with Crippen LogP contribution in [0.3, 0.4) is 0 Å². The first-order valence-electron chi connectivity index (χ1n) is 13.5. The van der Waals surface area contributed by atoms with Crippen LogP contribution >= 0.6 is 31.9 Å². The minimum atomic E-state index is -0.850. The van der Waals surface area contributed by atoms with Crippen molar-refractivity contribution in [1.82, 2.24) is 30.0 Å². The lowest BCUT2D eigenvalue weighted by Gasteiger charge is -2.34. The second kappa shape index (κ2) is 11.1. The molecule has 2 heterocycles. The van der Waals surface area contributed by atoms with Crippen LogP contribution in [0.4, 0.5) is 0 Å². The molecular formula is C34H24Br2N6. The first-order chi connectivity index (χ1) is 20.7. The van der Waals surface area contributed by atoms with E-state index in [1.165, 1.54) is 5.56 Å². The highest BCUT2D eigenvalue weighted by Crippen LogP contribution is 2.40. The number of hydrogen-bond donors (Lipinski definition) is 0. The number of tetrazole rings is 1. The third kappa shape index (κ3) is 4.38. The summed E-state index contributed by atoms with van der Waals surface area (Å²) in [6.45, 7) is 0. The SMILES string of the molecule is BrCc1ccc2nn(-c3ccccc3-c3nnn(C(c4ccccc4)(c4ccccc4)c4ccccc4)n3)c(Br)c2c1. The first kappa shape index (κ1) is 26.5. The topological polar surface area (TPSA) is 61.4 Å². The second-order valence-electron chi connectivity index (χ2n) is 9.92. The third-order valence-corrected chi connectivity index (χ3v) is 8.90. The summed E-state index contributed by atoms with van der Waals surface area (Å²) in [7, 11) is 0. The molecule has 8 heteroatoms. The average Bonchev–Trinajstić information content (AvgIpc) is 3.68. The lowest BCUT2D eigenvalue weighted by Crippen LogP contribution is -2.39. The number of aromatic nitrogens is 6. The Morgan fingerprint density at radius 1 is 0.643 bits per heavy atom. The van der Waals surface area contributed by atoms with Gasteiger partial charge in [0.2, 0.25) is 5.82 Å². The molecule has 0 saturated carbocycles. The van der Waals surface area contributed by atoms with Crippen LogP contribution < -0.4 is 0 Å². The van der Waals surface area contributed by atoms with Gasteiger partial charge in [-0.3, -0.25) is 0 Å². The minimum Gasteiger partial charge on any atom is -0.225 e. The Labute approximate surface area is 259 Å². The van der Waals surface area contributed by atoms with Crippen molar-refractivity contribution in [2.45, 2.75) is 10.9 Å². The fourth-order valence-electron chi connectivity index (χ4n) is 5.54. The summed E-state index contributed by atoms with van der Waals surface area (Å²) in [5.74, 6) is 0.505. The predicted octanol–water partition coefficient (Wildman–Crippen LogP) is 8.18. The van der Waals surface area contributed by atoms with Gasteiger partial charge < -0.3 is 0 Å². The molecule has 0 fully saturated rings. The molecule has 204 valence electrons. The number of para-hydroxylation sites is 1. The summed E-state index contributed by atoms with van der Waals surface area (Å²) in [5, 5.41) is 21.2. The maximum Gasteiger partial charge on any atom is 0.207 e. The number of alkyl halides is 1. The molecule has 2 aromatic heterocycles. The van der Waals surface area contributed by atoms with Crippen LogP contribution in [0.2, 0.25) is 0 Å². The van der Waals surface area contributed by atoms with Gasteiger partial charge in [-0.05, 0) is 67.7 Å². The summed E-state index contributed by atoms with van der Waals surface area (Å²) in [5.41, 5.74) is 5.99. The van der Waals surface area contributed by atoms with E-state index in [9.17, 15) is 0 Å². The van der Waals surface area contributed by atoms with Crippen molar-refractivity contribution in [2.24, 2.45) is 0 Å². The van der Waals surface area contributed by atoms with Crippen LogP contribution in [0.15, 0.2) is 138 Å². The number of hydrogen-bond acceptors (Lipinski definition) is 4. The number of fused-ring (bicyclic) bond motifs is 1. The summed E-state index contributed by atoms with van der Waals surface area (Å²) in [4.78, 5) is 1.75. The van der Waals surface area contributed by atoms with Crippen LogP contribution in [0.25, 0.3) is 28.0 Å². The van der Waals surface area contributed by atoms with Crippen LogP contribution in [0.5, 0.6) is 0 Å². The third-order valence-electron chi connectivity index (χ3n) is 7.49. The summed E-state index contributed by atoms with van der Waals surface area (Å²) in [6.07, 6.45) is 0. The van der Waals surface area contributed by atoms with E-state index in [0.29, 0.717) is 5.82 Å². The van der Waals surface area contributed by atoms with Gasteiger partial charge in [-0.15, -0.1) is 15.0 Å². The summed E-state index contributed by atoms with van der Waals surface area (Å²) >= 11 is 7.37. The number of rotatable bonds is 7. The molecule has 0 saturated heterocycles. The predicted molar refractivity (Wildman–Crippen MR) is 173 cm³/mol. The highest BCUT2D eigenvalue weighted by atomic mass is 79.9. The van der Waals surface area contributed by atoms with Crippen molar-refractivity contribution in [1.29, 1.82) is 0 Å². The van der Waals surface area contributed by atoms with Crippen molar-refractivity contribution in [3.63, 3.8) is 0 Å². The Morgan fingerprint density at radius 2 is 1.21 bits per heavy atom. The Kier molecular flexibility index (Phi) is 7.01. The molecule has 7 rings (SSSR count). The van der Waals surface area contributed by atoms with Crippen molar-refractivity contribution < 1.29 is 0 Å². The highest BCUT2D eigenvalue weighted by Gasteiger charge is 2.41. The zero-order valence-electron chi connectivity index (χ0n) is 22.3. The maximum atomic E-state index is 5.11. The largest absolute Gasteiger partial charge is 0.225 e. The Hall–Kier alpha value is -4.40. The van der Waals surface area contributed by atoms with E-state index < -0.39 is 5.54 Å². The fraction of sp³-hybridized carbons (Fsp3) is 0.0588. The molecule has 0 aliphatic rings. The molecule has 0 atom stereocenters. The van der Waals surface area contributed by atoms with Gasteiger partial charge in [0.1, 0.15) is 4.60 Å². The van der Waals surface area contributed by atoms with Crippen LogP contribution in [-0.4, -0.2) is 30.0 Å². The van der Waals surface area contributed by atoms with Crippen LogP contribution in [0.1, 0.15) is 22.3 Å². The van der Waals surface area contributed by atoms with Crippen molar-refractivity contribution in [2.75, 3.05) is 0 Å². The fourth-order valence-corrected chi connectivity index (χ4v) is 6.48. The first-order valence-corrected chi connectivity index (χ1v) is 15.4. The van der Waals surface area contributed by atoms with Crippen molar-refractivity contribution in [3.05, 3.63) is 160 Å². The van der Waals surface area contributed by atoms with E-state index in [0.717, 1.165) is 48.8 Å². The van der Waals surface area contributed by atoms with E-state index in [1.54, 1.807) is 4.80 Å². The molecule has 0 aliphatic carbocycles. The quantitative estimate of drug-likeness (QED) is 0.126. The van der Waals surface area contributed by atoms with E-state index in [2.05, 4.69) is 85.5 Å². The Balaban J connectivity index is 1.44. The zero-order valence-corrected chi connectivity index (χ0v) is 25.5. The molecule has 0 spiro atoms. The molecule has 0 amide bonds. The molecule has 42 heavy (non-hydrogen) atoms. The molecular weight excluding hydrogens is 652 g/mol.